The molecule has 2 heterocycles. The molecule has 1 fully saturated rings. The molecule has 1 aliphatic heterocycles. The van der Waals surface area contributed by atoms with Crippen LogP contribution < -0.4 is 5.32 Å². The maximum absolute atomic E-state index is 13.0. The predicted molar refractivity (Wildman–Crippen MR) is 118 cm³/mol. The molecule has 1 aromatic heterocycles. The number of carbonyl (C=O) groups is 1. The standard InChI is InChI=1S/C21H23Cl2N3OSe/c1-13-19(21(27)24-15-6-3-2-4-7-15)25-26(20(13)18-8-5-11-28-18)17-10-9-14(22)12-16(17)23/h5,8-12,15H,2-4,6-7,28H2,1H3,(H,24,27). The molecule has 1 saturated carbocycles. The Hall–Kier alpha value is -1.52. The quantitative estimate of drug-likeness (QED) is 0.648. The Balaban J connectivity index is 1.75. The van der Waals surface area contributed by atoms with Gasteiger partial charge in [0.2, 0.25) is 0 Å². The third-order valence-corrected chi connectivity index (χ3v) is 8.06. The Morgan fingerprint density at radius 3 is 2.71 bits per heavy atom. The Morgan fingerprint density at radius 2 is 2.04 bits per heavy atom. The van der Waals surface area contributed by atoms with Crippen LogP contribution in [0.4, 0.5) is 0 Å². The molecule has 1 N–H and O–H groups in total. The van der Waals surface area contributed by atoms with Crippen LogP contribution in [0.25, 0.3) is 10.2 Å². The van der Waals surface area contributed by atoms with Crippen molar-refractivity contribution in [3.8, 4) is 5.69 Å². The van der Waals surface area contributed by atoms with Gasteiger partial charge in [-0.05, 0) is 0 Å². The van der Waals surface area contributed by atoms with Gasteiger partial charge < -0.3 is 0 Å². The van der Waals surface area contributed by atoms with Crippen LogP contribution in [0.3, 0.4) is 0 Å². The second kappa shape index (κ2) is 8.46. The molecule has 7 heteroatoms. The number of allylic oxidation sites excluding steroid dienone is 2. The monoisotopic (exact) mass is 483 g/mol. The van der Waals surface area contributed by atoms with Crippen LogP contribution in [0.5, 0.6) is 0 Å². The molecule has 0 radical (unpaired) electrons. The zero-order chi connectivity index (χ0) is 19.7. The number of benzene rings is 1. The minimum absolute atomic E-state index is 0.0963. The fourth-order valence-electron chi connectivity index (χ4n) is 3.83. The van der Waals surface area contributed by atoms with Crippen molar-refractivity contribution in [2.24, 2.45) is 0 Å². The number of aromatic nitrogens is 2. The Bertz CT molecular complexity index is 974. The summed E-state index contributed by atoms with van der Waals surface area (Å²) in [4.78, 5) is 15.2. The summed E-state index contributed by atoms with van der Waals surface area (Å²) < 4.78 is 3.05. The van der Waals surface area contributed by atoms with E-state index in [1.807, 2.05) is 17.7 Å². The van der Waals surface area contributed by atoms with Gasteiger partial charge in [-0.15, -0.1) is 0 Å². The van der Waals surface area contributed by atoms with Gasteiger partial charge in [-0.3, -0.25) is 0 Å². The van der Waals surface area contributed by atoms with Gasteiger partial charge in [0.05, 0.1) is 0 Å². The Morgan fingerprint density at radius 1 is 1.25 bits per heavy atom. The van der Waals surface area contributed by atoms with Gasteiger partial charge in [0, 0.05) is 0 Å². The second-order valence-corrected chi connectivity index (χ2v) is 10.5. The van der Waals surface area contributed by atoms with Crippen LogP contribution >= 0.6 is 23.2 Å². The zero-order valence-corrected chi connectivity index (χ0v) is 19.2. The van der Waals surface area contributed by atoms with Crippen LogP contribution in [-0.4, -0.2) is 36.7 Å². The Kier molecular flexibility index (Phi) is 5.98. The third-order valence-electron chi connectivity index (χ3n) is 5.27. The van der Waals surface area contributed by atoms with E-state index in [9.17, 15) is 4.79 Å². The van der Waals surface area contributed by atoms with Gasteiger partial charge >= 0.3 is 182 Å². The average Bonchev–Trinajstić information content (AvgIpc) is 3.30. The van der Waals surface area contributed by atoms with Crippen molar-refractivity contribution in [2.45, 2.75) is 45.1 Å². The van der Waals surface area contributed by atoms with Crippen LogP contribution in [0, 0.1) is 6.92 Å². The first-order chi connectivity index (χ1) is 13.5. The first-order valence-corrected chi connectivity index (χ1v) is 12.6. The number of nitrogens with one attached hydrogen (secondary N) is 1. The topological polar surface area (TPSA) is 46.9 Å². The van der Waals surface area contributed by atoms with Gasteiger partial charge in [0.15, 0.2) is 0 Å². The molecule has 0 bridgehead atoms. The molecule has 1 aromatic carbocycles. The second-order valence-electron chi connectivity index (χ2n) is 7.22. The normalized spacial score (nSPS) is 18.5. The zero-order valence-electron chi connectivity index (χ0n) is 15.6. The van der Waals surface area contributed by atoms with Crippen molar-refractivity contribution in [3.63, 3.8) is 0 Å². The van der Waals surface area contributed by atoms with E-state index in [4.69, 9.17) is 28.3 Å². The van der Waals surface area contributed by atoms with Crippen molar-refractivity contribution in [1.29, 1.82) is 0 Å². The van der Waals surface area contributed by atoms with Crippen molar-refractivity contribution in [3.05, 3.63) is 62.3 Å². The van der Waals surface area contributed by atoms with Gasteiger partial charge in [-0.2, -0.15) is 0 Å². The summed E-state index contributed by atoms with van der Waals surface area (Å²) >= 11 is 12.1. The maximum atomic E-state index is 13.0. The Labute approximate surface area is 181 Å². The molecule has 0 spiro atoms. The van der Waals surface area contributed by atoms with Crippen molar-refractivity contribution >= 4 is 48.5 Å². The van der Waals surface area contributed by atoms with E-state index in [1.54, 1.807) is 12.1 Å². The number of amides is 1. The molecule has 0 saturated heterocycles. The van der Waals surface area contributed by atoms with E-state index in [1.165, 1.54) is 23.7 Å². The molecular weight excluding hydrogens is 460 g/mol. The molecule has 4 rings (SSSR count). The first kappa shape index (κ1) is 19.8. The van der Waals surface area contributed by atoms with E-state index in [0.717, 1.165) is 29.8 Å². The van der Waals surface area contributed by atoms with E-state index >= 15 is 0 Å². The van der Waals surface area contributed by atoms with Gasteiger partial charge in [0.25, 0.3) is 0 Å². The molecule has 148 valence electrons. The number of halogens is 2. The molecule has 2 aromatic rings. The van der Waals surface area contributed by atoms with Crippen molar-refractivity contribution in [2.75, 3.05) is 0 Å². The first-order valence-electron chi connectivity index (χ1n) is 9.54. The van der Waals surface area contributed by atoms with Crippen molar-refractivity contribution < 1.29 is 4.79 Å². The van der Waals surface area contributed by atoms with Crippen LogP contribution in [0.15, 0.2) is 35.3 Å². The third kappa shape index (κ3) is 3.95. The molecule has 0 atom stereocenters. The minimum atomic E-state index is -0.393. The van der Waals surface area contributed by atoms with Gasteiger partial charge in [0.1, 0.15) is 0 Å². The molecule has 2 aliphatic rings. The average molecular weight is 483 g/mol. The van der Waals surface area contributed by atoms with Crippen LogP contribution in [-0.2, 0) is 0 Å². The van der Waals surface area contributed by atoms with Gasteiger partial charge in [-0.25, -0.2) is 0 Å². The van der Waals surface area contributed by atoms with Crippen molar-refractivity contribution in [1.82, 2.24) is 15.1 Å². The summed E-state index contributed by atoms with van der Waals surface area (Å²) in [6.45, 7) is 1.98. The summed E-state index contributed by atoms with van der Waals surface area (Å²) in [6.07, 6.45) is 9.89. The van der Waals surface area contributed by atoms with Crippen LogP contribution in [0.1, 0.15) is 53.8 Å². The number of carbonyl (C=O) groups excluding carboxylic acids is 1. The number of hydrogen-bond donors (Lipinski definition) is 1. The molecule has 28 heavy (non-hydrogen) atoms. The summed E-state index contributed by atoms with van der Waals surface area (Å²) in [6, 6.07) is 5.60. The number of nitrogens with zero attached hydrogens (tertiary/aromatic N) is 2. The SMILES string of the molecule is Cc1c(C(=O)NC2CCCCC2)nn(-c2ccc(Cl)cc2Cl)c1C1=CC=C[SeH2]1. The van der Waals surface area contributed by atoms with Gasteiger partial charge in [-0.1, -0.05) is 0 Å². The summed E-state index contributed by atoms with van der Waals surface area (Å²) in [5.74, 6) is -0.0963. The number of hydrogen-bond acceptors (Lipinski definition) is 2. The number of rotatable bonds is 4. The molecule has 1 amide bonds. The molecule has 1 aliphatic carbocycles. The fraction of sp³-hybridized carbons (Fsp3) is 0.333. The fourth-order valence-corrected chi connectivity index (χ4v) is 6.41. The molecule has 0 unspecified atom stereocenters. The van der Waals surface area contributed by atoms with E-state index in [2.05, 4.69) is 22.4 Å². The van der Waals surface area contributed by atoms with E-state index in [0.29, 0.717) is 15.7 Å². The summed E-state index contributed by atoms with van der Waals surface area (Å²) in [5, 5.41) is 8.99. The van der Waals surface area contributed by atoms with Crippen LogP contribution in [0.2, 0.25) is 10.0 Å². The molecular formula is C21H23Cl2N3OSe. The predicted octanol–water partition coefficient (Wildman–Crippen LogP) is 4.59. The van der Waals surface area contributed by atoms with E-state index in [-0.39, 0.29) is 11.9 Å². The molecule has 4 nitrogen and oxygen atoms in total. The summed E-state index contributed by atoms with van der Waals surface area (Å²) in [7, 11) is 0. The summed E-state index contributed by atoms with van der Waals surface area (Å²) in [5.41, 5.74) is 3.09. The van der Waals surface area contributed by atoms with E-state index < -0.39 is 15.0 Å².